The van der Waals surface area contributed by atoms with Gasteiger partial charge >= 0.3 is 5.97 Å². The zero-order chi connectivity index (χ0) is 14.0. The van der Waals surface area contributed by atoms with Gasteiger partial charge in [0.2, 0.25) is 0 Å². The van der Waals surface area contributed by atoms with E-state index in [0.29, 0.717) is 25.3 Å². The van der Waals surface area contributed by atoms with Crippen LogP contribution in [0.25, 0.3) is 0 Å². The van der Waals surface area contributed by atoms with Crippen LogP contribution in [-0.4, -0.2) is 57.5 Å². The van der Waals surface area contributed by atoms with E-state index >= 15 is 0 Å². The van der Waals surface area contributed by atoms with E-state index in [1.807, 2.05) is 6.92 Å². The molecule has 2 heterocycles. The van der Waals surface area contributed by atoms with E-state index in [1.54, 1.807) is 22.8 Å². The number of aliphatic carboxylic acids is 1. The van der Waals surface area contributed by atoms with Crippen molar-refractivity contribution in [3.8, 4) is 0 Å². The lowest BCUT2D eigenvalue weighted by Crippen LogP contribution is -2.46. The topological polar surface area (TPSA) is 84.7 Å². The van der Waals surface area contributed by atoms with E-state index in [-0.39, 0.29) is 12.3 Å². The quantitative estimate of drug-likeness (QED) is 0.836. The molecular formula is C12H17N3O4. The van der Waals surface area contributed by atoms with Gasteiger partial charge in [-0.2, -0.15) is 5.10 Å². The first-order valence-corrected chi connectivity index (χ1v) is 6.10. The number of aryl methyl sites for hydroxylation is 1. The molecule has 1 amide bonds. The number of carboxylic acid groups (broad SMARTS) is 1. The highest BCUT2D eigenvalue weighted by Crippen LogP contribution is 2.14. The van der Waals surface area contributed by atoms with Gasteiger partial charge in [0.1, 0.15) is 0 Å². The SMILES string of the molecule is Cc1c(C(=O)N2CCOC(CC(=O)O)C2)cnn1C. The van der Waals surface area contributed by atoms with Crippen molar-refractivity contribution in [2.75, 3.05) is 19.7 Å². The molecule has 0 saturated carbocycles. The van der Waals surface area contributed by atoms with Crippen LogP contribution in [0.15, 0.2) is 6.20 Å². The first-order chi connectivity index (χ1) is 8.99. The molecule has 1 N–H and O–H groups in total. The second kappa shape index (κ2) is 5.40. The number of amides is 1. The summed E-state index contributed by atoms with van der Waals surface area (Å²) in [6.45, 7) is 2.97. The molecule has 104 valence electrons. The maximum atomic E-state index is 12.3. The van der Waals surface area contributed by atoms with Crippen LogP contribution in [-0.2, 0) is 16.6 Å². The molecule has 1 aliphatic heterocycles. The molecule has 1 aliphatic rings. The fraction of sp³-hybridized carbons (Fsp3) is 0.583. The standard InChI is InChI=1S/C12H17N3O4/c1-8-10(6-13-14(8)2)12(18)15-3-4-19-9(7-15)5-11(16)17/h6,9H,3-5,7H2,1-2H3,(H,16,17). The molecule has 2 rings (SSSR count). The van der Waals surface area contributed by atoms with Gasteiger partial charge in [-0.1, -0.05) is 0 Å². The molecule has 0 aliphatic carbocycles. The Morgan fingerprint density at radius 2 is 2.32 bits per heavy atom. The Morgan fingerprint density at radius 3 is 2.89 bits per heavy atom. The van der Waals surface area contributed by atoms with Gasteiger partial charge < -0.3 is 14.7 Å². The smallest absolute Gasteiger partial charge is 0.306 e. The third-order valence-corrected chi connectivity index (χ3v) is 3.29. The predicted molar refractivity (Wildman–Crippen MR) is 65.8 cm³/mol. The number of carboxylic acids is 1. The molecule has 1 saturated heterocycles. The number of morpholine rings is 1. The van der Waals surface area contributed by atoms with E-state index in [4.69, 9.17) is 9.84 Å². The molecular weight excluding hydrogens is 250 g/mol. The fourth-order valence-corrected chi connectivity index (χ4v) is 2.10. The van der Waals surface area contributed by atoms with E-state index in [9.17, 15) is 9.59 Å². The van der Waals surface area contributed by atoms with Gasteiger partial charge in [0.15, 0.2) is 0 Å². The third-order valence-electron chi connectivity index (χ3n) is 3.29. The third kappa shape index (κ3) is 2.93. The Labute approximate surface area is 110 Å². The lowest BCUT2D eigenvalue weighted by Gasteiger charge is -2.32. The van der Waals surface area contributed by atoms with Crippen LogP contribution in [0.4, 0.5) is 0 Å². The fourth-order valence-electron chi connectivity index (χ4n) is 2.10. The van der Waals surface area contributed by atoms with Gasteiger partial charge in [0, 0.05) is 25.8 Å². The minimum Gasteiger partial charge on any atom is -0.481 e. The molecule has 1 unspecified atom stereocenters. The zero-order valence-corrected chi connectivity index (χ0v) is 11.0. The van der Waals surface area contributed by atoms with Crippen LogP contribution in [0, 0.1) is 6.92 Å². The molecule has 1 aromatic rings. The minimum atomic E-state index is -0.920. The summed E-state index contributed by atoms with van der Waals surface area (Å²) in [5, 5.41) is 12.8. The molecule has 0 bridgehead atoms. The number of carbonyl (C=O) groups excluding carboxylic acids is 1. The van der Waals surface area contributed by atoms with Crippen LogP contribution < -0.4 is 0 Å². The summed E-state index contributed by atoms with van der Waals surface area (Å²) in [6, 6.07) is 0. The molecule has 0 aromatic carbocycles. The van der Waals surface area contributed by atoms with Crippen molar-refractivity contribution >= 4 is 11.9 Å². The van der Waals surface area contributed by atoms with E-state index in [0.717, 1.165) is 5.69 Å². The lowest BCUT2D eigenvalue weighted by molar-refractivity contribution is -0.141. The number of rotatable bonds is 3. The van der Waals surface area contributed by atoms with Gasteiger partial charge in [-0.3, -0.25) is 14.3 Å². The Hall–Kier alpha value is -1.89. The molecule has 1 aromatic heterocycles. The molecule has 7 heteroatoms. The second-order valence-electron chi connectivity index (χ2n) is 4.61. The summed E-state index contributed by atoms with van der Waals surface area (Å²) in [4.78, 5) is 24.6. The van der Waals surface area contributed by atoms with Crippen molar-refractivity contribution in [2.45, 2.75) is 19.4 Å². The van der Waals surface area contributed by atoms with Crippen molar-refractivity contribution in [1.29, 1.82) is 0 Å². The maximum absolute atomic E-state index is 12.3. The van der Waals surface area contributed by atoms with Crippen molar-refractivity contribution in [2.24, 2.45) is 7.05 Å². The summed E-state index contributed by atoms with van der Waals surface area (Å²) in [5.74, 6) is -1.04. The summed E-state index contributed by atoms with van der Waals surface area (Å²) in [7, 11) is 1.78. The Bertz CT molecular complexity index is 497. The number of ether oxygens (including phenoxy) is 1. The van der Waals surface area contributed by atoms with Crippen LogP contribution in [0.2, 0.25) is 0 Å². The van der Waals surface area contributed by atoms with Crippen molar-refractivity contribution in [3.05, 3.63) is 17.5 Å². The van der Waals surface area contributed by atoms with Crippen LogP contribution in [0.5, 0.6) is 0 Å². The van der Waals surface area contributed by atoms with Gasteiger partial charge in [-0.15, -0.1) is 0 Å². The first-order valence-electron chi connectivity index (χ1n) is 6.10. The van der Waals surface area contributed by atoms with Crippen molar-refractivity contribution in [1.82, 2.24) is 14.7 Å². The molecule has 19 heavy (non-hydrogen) atoms. The van der Waals surface area contributed by atoms with E-state index < -0.39 is 12.1 Å². The average molecular weight is 267 g/mol. The number of hydrogen-bond acceptors (Lipinski definition) is 4. The minimum absolute atomic E-state index is 0.0875. The van der Waals surface area contributed by atoms with Crippen LogP contribution in [0.3, 0.4) is 0 Å². The normalized spacial score (nSPS) is 19.5. The summed E-state index contributed by atoms with van der Waals surface area (Å²) < 4.78 is 6.99. The lowest BCUT2D eigenvalue weighted by atomic mass is 10.1. The van der Waals surface area contributed by atoms with Gasteiger partial charge in [0.25, 0.3) is 5.91 Å². The highest BCUT2D eigenvalue weighted by molar-refractivity contribution is 5.95. The molecule has 1 fully saturated rings. The highest BCUT2D eigenvalue weighted by atomic mass is 16.5. The highest BCUT2D eigenvalue weighted by Gasteiger charge is 2.28. The predicted octanol–water partition coefficient (Wildman–Crippen LogP) is 0.0442. The van der Waals surface area contributed by atoms with E-state index in [2.05, 4.69) is 5.10 Å². The summed E-state index contributed by atoms with van der Waals surface area (Å²) >= 11 is 0. The Morgan fingerprint density at radius 1 is 1.58 bits per heavy atom. The largest absolute Gasteiger partial charge is 0.481 e. The molecule has 0 radical (unpaired) electrons. The van der Waals surface area contributed by atoms with Crippen LogP contribution in [0.1, 0.15) is 22.5 Å². The molecule has 7 nitrogen and oxygen atoms in total. The van der Waals surface area contributed by atoms with Gasteiger partial charge in [-0.25, -0.2) is 0 Å². The number of nitrogens with zero attached hydrogens (tertiary/aromatic N) is 3. The Kier molecular flexibility index (Phi) is 3.84. The first kappa shape index (κ1) is 13.5. The summed E-state index contributed by atoms with van der Waals surface area (Å²) in [5.41, 5.74) is 1.35. The average Bonchev–Trinajstić information content (AvgIpc) is 2.69. The van der Waals surface area contributed by atoms with Crippen molar-refractivity contribution in [3.63, 3.8) is 0 Å². The van der Waals surface area contributed by atoms with Gasteiger partial charge in [-0.05, 0) is 6.92 Å². The number of hydrogen-bond donors (Lipinski definition) is 1. The summed E-state index contributed by atoms with van der Waals surface area (Å²) in [6.07, 6.45) is 1.02. The molecule has 1 atom stereocenters. The van der Waals surface area contributed by atoms with Gasteiger partial charge in [0.05, 0.1) is 30.9 Å². The molecule has 0 spiro atoms. The number of carbonyl (C=O) groups is 2. The van der Waals surface area contributed by atoms with E-state index in [1.165, 1.54) is 0 Å². The second-order valence-corrected chi connectivity index (χ2v) is 4.61. The van der Waals surface area contributed by atoms with Crippen molar-refractivity contribution < 1.29 is 19.4 Å². The number of aromatic nitrogens is 2. The monoisotopic (exact) mass is 267 g/mol. The maximum Gasteiger partial charge on any atom is 0.306 e. The van der Waals surface area contributed by atoms with Crippen LogP contribution >= 0.6 is 0 Å². The Balaban J connectivity index is 2.07. The zero-order valence-electron chi connectivity index (χ0n) is 11.0.